The number of ether oxygens (including phenoxy) is 2. The first-order valence-electron chi connectivity index (χ1n) is 7.33. The maximum atomic E-state index is 12.0. The van der Waals surface area contributed by atoms with Gasteiger partial charge in [-0.2, -0.15) is 0 Å². The Morgan fingerprint density at radius 3 is 2.54 bits per heavy atom. The van der Waals surface area contributed by atoms with E-state index in [0.717, 1.165) is 0 Å². The van der Waals surface area contributed by atoms with Crippen molar-refractivity contribution < 1.29 is 19.2 Å². The summed E-state index contributed by atoms with van der Waals surface area (Å²) in [5.74, 6) is 0.0804. The molecule has 0 saturated heterocycles. The van der Waals surface area contributed by atoms with E-state index < -0.39 is 10.9 Å². The molecule has 0 fully saturated rings. The predicted octanol–water partition coefficient (Wildman–Crippen LogP) is 3.95. The molecule has 0 aliphatic heterocycles. The summed E-state index contributed by atoms with van der Waals surface area (Å²) in [5.41, 5.74) is 1.37. The van der Waals surface area contributed by atoms with E-state index in [9.17, 15) is 14.9 Å². The molecule has 0 N–H and O–H groups in total. The monoisotopic (exact) mass is 327 g/mol. The van der Waals surface area contributed by atoms with Gasteiger partial charge >= 0.3 is 5.97 Å². The summed E-state index contributed by atoms with van der Waals surface area (Å²) in [6.07, 6.45) is 3.23. The van der Waals surface area contributed by atoms with Crippen molar-refractivity contribution in [3.8, 4) is 5.75 Å². The zero-order valence-corrected chi connectivity index (χ0v) is 13.4. The highest BCUT2D eigenvalue weighted by Crippen LogP contribution is 2.26. The molecule has 0 aromatic heterocycles. The molecule has 0 spiro atoms. The quantitative estimate of drug-likeness (QED) is 0.347. The Morgan fingerprint density at radius 2 is 1.88 bits per heavy atom. The molecule has 0 unspecified atom stereocenters. The van der Waals surface area contributed by atoms with Crippen LogP contribution >= 0.6 is 0 Å². The van der Waals surface area contributed by atoms with E-state index in [1.807, 2.05) is 0 Å². The minimum atomic E-state index is -0.462. The Labute approximate surface area is 139 Å². The molecular weight excluding hydrogens is 310 g/mol. The lowest BCUT2D eigenvalue weighted by Gasteiger charge is -2.06. The van der Waals surface area contributed by atoms with Gasteiger partial charge in [-0.05, 0) is 36.8 Å². The number of carbonyl (C=O) groups is 1. The molecule has 0 bridgehead atoms. The SMILES string of the molecule is CCOC(=O)c1ccccc1/C=C/c1cc(OC)ccc1[N+](=O)[O-]. The predicted molar refractivity (Wildman–Crippen MR) is 91.0 cm³/mol. The summed E-state index contributed by atoms with van der Waals surface area (Å²) in [6.45, 7) is 2.01. The highest BCUT2D eigenvalue weighted by molar-refractivity contribution is 5.95. The summed E-state index contributed by atoms with van der Waals surface area (Å²) in [4.78, 5) is 22.7. The molecule has 124 valence electrons. The van der Waals surface area contributed by atoms with E-state index in [0.29, 0.717) is 22.4 Å². The van der Waals surface area contributed by atoms with Crippen molar-refractivity contribution in [2.75, 3.05) is 13.7 Å². The fourth-order valence-electron chi connectivity index (χ4n) is 2.18. The van der Waals surface area contributed by atoms with Crippen LogP contribution < -0.4 is 4.74 Å². The number of nitro groups is 1. The zero-order valence-electron chi connectivity index (χ0n) is 13.4. The molecular formula is C18H17NO5. The lowest BCUT2D eigenvalue weighted by molar-refractivity contribution is -0.385. The van der Waals surface area contributed by atoms with Crippen molar-refractivity contribution in [2.45, 2.75) is 6.92 Å². The van der Waals surface area contributed by atoms with Crippen LogP contribution in [-0.2, 0) is 4.74 Å². The maximum absolute atomic E-state index is 12.0. The molecule has 6 heteroatoms. The molecule has 24 heavy (non-hydrogen) atoms. The summed E-state index contributed by atoms with van der Waals surface area (Å²) < 4.78 is 10.1. The number of benzene rings is 2. The van der Waals surface area contributed by atoms with E-state index in [2.05, 4.69) is 0 Å². The third-order valence-corrected chi connectivity index (χ3v) is 3.33. The van der Waals surface area contributed by atoms with Gasteiger partial charge in [-0.3, -0.25) is 10.1 Å². The Kier molecular flexibility index (Phi) is 5.68. The molecule has 0 heterocycles. The average molecular weight is 327 g/mol. The molecule has 2 aromatic carbocycles. The third kappa shape index (κ3) is 3.98. The minimum absolute atomic E-state index is 0.0411. The van der Waals surface area contributed by atoms with Gasteiger partial charge in [-0.1, -0.05) is 24.3 Å². The fourth-order valence-corrected chi connectivity index (χ4v) is 2.18. The number of methoxy groups -OCH3 is 1. The van der Waals surface area contributed by atoms with Crippen LogP contribution in [0.4, 0.5) is 5.69 Å². The van der Waals surface area contributed by atoms with Gasteiger partial charge in [0.25, 0.3) is 5.69 Å². The van der Waals surface area contributed by atoms with E-state index in [1.54, 1.807) is 49.4 Å². The zero-order chi connectivity index (χ0) is 17.5. The number of carbonyl (C=O) groups excluding carboxylic acids is 1. The summed E-state index contributed by atoms with van der Waals surface area (Å²) >= 11 is 0. The van der Waals surface area contributed by atoms with Crippen molar-refractivity contribution in [2.24, 2.45) is 0 Å². The molecule has 6 nitrogen and oxygen atoms in total. The molecule has 2 aromatic rings. The lowest BCUT2D eigenvalue weighted by atomic mass is 10.1. The largest absolute Gasteiger partial charge is 0.497 e. The summed E-state index contributed by atoms with van der Waals surface area (Å²) in [6, 6.07) is 11.4. The number of nitrogens with zero attached hydrogens (tertiary/aromatic N) is 1. The molecule has 0 amide bonds. The van der Waals surface area contributed by atoms with E-state index in [-0.39, 0.29) is 12.3 Å². The first-order valence-corrected chi connectivity index (χ1v) is 7.33. The average Bonchev–Trinajstić information content (AvgIpc) is 2.60. The van der Waals surface area contributed by atoms with E-state index in [1.165, 1.54) is 19.2 Å². The molecule has 0 saturated carbocycles. The second-order valence-corrected chi connectivity index (χ2v) is 4.82. The second-order valence-electron chi connectivity index (χ2n) is 4.82. The number of nitro benzene ring substituents is 1. The van der Waals surface area contributed by atoms with E-state index in [4.69, 9.17) is 9.47 Å². The van der Waals surface area contributed by atoms with Gasteiger partial charge < -0.3 is 9.47 Å². The number of hydrogen-bond donors (Lipinski definition) is 0. The normalized spacial score (nSPS) is 10.6. The highest BCUT2D eigenvalue weighted by atomic mass is 16.6. The second kappa shape index (κ2) is 7.92. The van der Waals surface area contributed by atoms with Crippen molar-refractivity contribution in [1.29, 1.82) is 0 Å². The van der Waals surface area contributed by atoms with Crippen molar-refractivity contribution in [3.05, 3.63) is 69.3 Å². The molecule has 0 atom stereocenters. The Balaban J connectivity index is 2.41. The van der Waals surface area contributed by atoms with Crippen LogP contribution in [0.15, 0.2) is 42.5 Å². The van der Waals surface area contributed by atoms with Gasteiger partial charge in [-0.25, -0.2) is 4.79 Å². The van der Waals surface area contributed by atoms with Gasteiger partial charge in [0.05, 0.1) is 29.8 Å². The van der Waals surface area contributed by atoms with Gasteiger partial charge in [0, 0.05) is 6.07 Å². The van der Waals surface area contributed by atoms with Crippen molar-refractivity contribution in [1.82, 2.24) is 0 Å². The fraction of sp³-hybridized carbons (Fsp3) is 0.167. The van der Waals surface area contributed by atoms with Gasteiger partial charge in [0.2, 0.25) is 0 Å². The topological polar surface area (TPSA) is 78.7 Å². The maximum Gasteiger partial charge on any atom is 0.338 e. The van der Waals surface area contributed by atoms with Crippen LogP contribution in [0.3, 0.4) is 0 Å². The first-order chi connectivity index (χ1) is 11.6. The van der Waals surface area contributed by atoms with Crippen molar-refractivity contribution in [3.63, 3.8) is 0 Å². The van der Waals surface area contributed by atoms with Crippen LogP contribution in [0.5, 0.6) is 5.75 Å². The summed E-state index contributed by atoms with van der Waals surface area (Å²) in [7, 11) is 1.49. The third-order valence-electron chi connectivity index (χ3n) is 3.33. The Morgan fingerprint density at radius 1 is 1.17 bits per heavy atom. The highest BCUT2D eigenvalue weighted by Gasteiger charge is 2.13. The van der Waals surface area contributed by atoms with Crippen LogP contribution in [0.2, 0.25) is 0 Å². The number of esters is 1. The van der Waals surface area contributed by atoms with Crippen molar-refractivity contribution >= 4 is 23.8 Å². The van der Waals surface area contributed by atoms with E-state index >= 15 is 0 Å². The molecule has 2 rings (SSSR count). The summed E-state index contributed by atoms with van der Waals surface area (Å²) in [5, 5.41) is 11.1. The molecule has 0 radical (unpaired) electrons. The Bertz CT molecular complexity index is 783. The lowest BCUT2D eigenvalue weighted by Crippen LogP contribution is -2.06. The molecule has 0 aliphatic rings. The standard InChI is InChI=1S/C18H17NO5/c1-3-24-18(20)16-7-5-4-6-13(16)8-9-14-12-15(23-2)10-11-17(14)19(21)22/h4-12H,3H2,1-2H3/b9-8+. The Hall–Kier alpha value is -3.15. The van der Waals surface area contributed by atoms with Gasteiger partial charge in [-0.15, -0.1) is 0 Å². The first kappa shape index (κ1) is 17.2. The van der Waals surface area contributed by atoms with Crippen LogP contribution in [0, 0.1) is 10.1 Å². The number of hydrogen-bond acceptors (Lipinski definition) is 5. The minimum Gasteiger partial charge on any atom is -0.497 e. The van der Waals surface area contributed by atoms with Gasteiger partial charge in [0.15, 0.2) is 0 Å². The molecule has 0 aliphatic carbocycles. The van der Waals surface area contributed by atoms with Crippen LogP contribution in [0.1, 0.15) is 28.4 Å². The van der Waals surface area contributed by atoms with Crippen LogP contribution in [-0.4, -0.2) is 24.6 Å². The van der Waals surface area contributed by atoms with Gasteiger partial charge in [0.1, 0.15) is 5.75 Å². The smallest absolute Gasteiger partial charge is 0.338 e. The van der Waals surface area contributed by atoms with Crippen LogP contribution in [0.25, 0.3) is 12.2 Å². The number of rotatable bonds is 6.